The summed E-state index contributed by atoms with van der Waals surface area (Å²) in [5, 5.41) is 2.77. The molecule has 1 atom stereocenters. The average molecular weight is 282 g/mol. The summed E-state index contributed by atoms with van der Waals surface area (Å²) < 4.78 is 15.5. The molecule has 6 nitrogen and oxygen atoms in total. The second kappa shape index (κ2) is 8.27. The van der Waals surface area contributed by atoms with Crippen LogP contribution in [-0.2, 0) is 9.53 Å². The molecule has 3 N–H and O–H groups in total. The first kappa shape index (κ1) is 16.1. The van der Waals surface area contributed by atoms with Crippen molar-refractivity contribution >= 4 is 11.6 Å². The first-order valence-electron chi connectivity index (χ1n) is 6.45. The standard InChI is InChI=1S/C14H22N2O4/c1-10(14(17)16-7-4-8-18-2)20-11-5-6-13(19-3)12(15)9-11/h5-6,9-10H,4,7-8,15H2,1-3H3,(H,16,17). The number of nitrogens with one attached hydrogen (secondary N) is 1. The minimum atomic E-state index is -0.592. The van der Waals surface area contributed by atoms with Gasteiger partial charge in [0, 0.05) is 26.3 Å². The van der Waals surface area contributed by atoms with E-state index in [9.17, 15) is 4.79 Å². The number of hydrogen-bond donors (Lipinski definition) is 2. The summed E-state index contributed by atoms with van der Waals surface area (Å²) in [5.74, 6) is 0.937. The second-order valence-corrected chi connectivity index (χ2v) is 4.30. The summed E-state index contributed by atoms with van der Waals surface area (Å²) in [7, 11) is 3.17. The molecule has 0 saturated heterocycles. The first-order chi connectivity index (χ1) is 9.58. The fraction of sp³-hybridized carbons (Fsp3) is 0.500. The lowest BCUT2D eigenvalue weighted by Crippen LogP contribution is -2.37. The molecule has 0 spiro atoms. The van der Waals surface area contributed by atoms with E-state index < -0.39 is 6.10 Å². The normalized spacial score (nSPS) is 11.8. The number of carbonyl (C=O) groups excluding carboxylic acids is 1. The molecule has 1 unspecified atom stereocenters. The third-order valence-electron chi connectivity index (χ3n) is 2.71. The predicted octanol–water partition coefficient (Wildman–Crippen LogP) is 1.20. The van der Waals surface area contributed by atoms with Gasteiger partial charge in [-0.1, -0.05) is 0 Å². The molecule has 1 amide bonds. The van der Waals surface area contributed by atoms with Crippen LogP contribution in [-0.4, -0.2) is 39.4 Å². The fourth-order valence-electron chi connectivity index (χ4n) is 1.62. The monoisotopic (exact) mass is 282 g/mol. The van der Waals surface area contributed by atoms with E-state index in [-0.39, 0.29) is 5.91 Å². The van der Waals surface area contributed by atoms with Crippen LogP contribution in [0, 0.1) is 0 Å². The lowest BCUT2D eigenvalue weighted by atomic mass is 10.2. The SMILES string of the molecule is COCCCNC(=O)C(C)Oc1ccc(OC)c(N)c1. The first-order valence-corrected chi connectivity index (χ1v) is 6.45. The van der Waals surface area contributed by atoms with E-state index in [1.165, 1.54) is 0 Å². The zero-order chi connectivity index (χ0) is 15.0. The molecule has 0 saturated carbocycles. The van der Waals surface area contributed by atoms with Crippen molar-refractivity contribution in [2.45, 2.75) is 19.4 Å². The number of nitrogens with two attached hydrogens (primary N) is 1. The predicted molar refractivity (Wildman–Crippen MR) is 77.0 cm³/mol. The number of methoxy groups -OCH3 is 2. The molecule has 0 aliphatic carbocycles. The summed E-state index contributed by atoms with van der Waals surface area (Å²) >= 11 is 0. The number of benzene rings is 1. The summed E-state index contributed by atoms with van der Waals surface area (Å²) in [6.07, 6.45) is 0.176. The Balaban J connectivity index is 2.46. The van der Waals surface area contributed by atoms with Crippen molar-refractivity contribution in [3.05, 3.63) is 18.2 Å². The number of ether oxygens (including phenoxy) is 3. The van der Waals surface area contributed by atoms with Gasteiger partial charge >= 0.3 is 0 Å². The zero-order valence-electron chi connectivity index (χ0n) is 12.1. The van der Waals surface area contributed by atoms with E-state index in [0.29, 0.717) is 30.3 Å². The van der Waals surface area contributed by atoms with Crippen molar-refractivity contribution in [3.8, 4) is 11.5 Å². The van der Waals surface area contributed by atoms with E-state index >= 15 is 0 Å². The third-order valence-corrected chi connectivity index (χ3v) is 2.71. The molecule has 0 aliphatic heterocycles. The van der Waals surface area contributed by atoms with Crippen molar-refractivity contribution in [1.82, 2.24) is 5.32 Å². The Morgan fingerprint density at radius 1 is 1.40 bits per heavy atom. The molecule has 6 heteroatoms. The Morgan fingerprint density at radius 3 is 2.75 bits per heavy atom. The number of carbonyl (C=O) groups is 1. The maximum atomic E-state index is 11.8. The van der Waals surface area contributed by atoms with E-state index in [1.807, 2.05) is 0 Å². The molecule has 0 aliphatic rings. The number of rotatable bonds is 8. The van der Waals surface area contributed by atoms with Crippen LogP contribution >= 0.6 is 0 Å². The minimum Gasteiger partial charge on any atom is -0.495 e. The number of hydrogen-bond acceptors (Lipinski definition) is 5. The number of amides is 1. The van der Waals surface area contributed by atoms with Crippen LogP contribution in [0.3, 0.4) is 0 Å². The average Bonchev–Trinajstić information content (AvgIpc) is 2.43. The molecule has 0 fully saturated rings. The third kappa shape index (κ3) is 4.97. The van der Waals surface area contributed by atoms with Gasteiger partial charge in [0.2, 0.25) is 0 Å². The molecule has 0 radical (unpaired) electrons. The molecular weight excluding hydrogens is 260 g/mol. The van der Waals surface area contributed by atoms with Gasteiger partial charge in [-0.2, -0.15) is 0 Å². The van der Waals surface area contributed by atoms with E-state index in [1.54, 1.807) is 39.3 Å². The van der Waals surface area contributed by atoms with Crippen LogP contribution in [0.25, 0.3) is 0 Å². The van der Waals surface area contributed by atoms with E-state index in [0.717, 1.165) is 6.42 Å². The highest BCUT2D eigenvalue weighted by Crippen LogP contribution is 2.26. The summed E-state index contributed by atoms with van der Waals surface area (Å²) in [6, 6.07) is 5.05. The molecular formula is C14H22N2O4. The van der Waals surface area contributed by atoms with Gasteiger partial charge in [0.25, 0.3) is 5.91 Å². The maximum absolute atomic E-state index is 11.8. The Bertz CT molecular complexity index is 437. The molecule has 1 rings (SSSR count). The van der Waals surface area contributed by atoms with Gasteiger partial charge < -0.3 is 25.3 Å². The van der Waals surface area contributed by atoms with E-state index in [4.69, 9.17) is 19.9 Å². The van der Waals surface area contributed by atoms with Crippen molar-refractivity contribution in [3.63, 3.8) is 0 Å². The lowest BCUT2D eigenvalue weighted by molar-refractivity contribution is -0.127. The fourth-order valence-corrected chi connectivity index (χ4v) is 1.62. The van der Waals surface area contributed by atoms with Crippen LogP contribution in [0.4, 0.5) is 5.69 Å². The summed E-state index contributed by atoms with van der Waals surface area (Å²) in [6.45, 7) is 2.86. The Kier molecular flexibility index (Phi) is 6.66. The largest absolute Gasteiger partial charge is 0.495 e. The second-order valence-electron chi connectivity index (χ2n) is 4.30. The van der Waals surface area contributed by atoms with Gasteiger partial charge in [0.05, 0.1) is 12.8 Å². The van der Waals surface area contributed by atoms with Gasteiger partial charge in [-0.05, 0) is 25.5 Å². The summed E-state index contributed by atoms with van der Waals surface area (Å²) in [4.78, 5) is 11.8. The van der Waals surface area contributed by atoms with Crippen LogP contribution in [0.1, 0.15) is 13.3 Å². The van der Waals surface area contributed by atoms with Crippen molar-refractivity contribution in [2.75, 3.05) is 33.1 Å². The highest BCUT2D eigenvalue weighted by atomic mass is 16.5. The lowest BCUT2D eigenvalue weighted by Gasteiger charge is -2.15. The van der Waals surface area contributed by atoms with Gasteiger partial charge in [-0.25, -0.2) is 0 Å². The Labute approximate surface area is 119 Å². The van der Waals surface area contributed by atoms with E-state index in [2.05, 4.69) is 5.32 Å². The topological polar surface area (TPSA) is 82.8 Å². The minimum absolute atomic E-state index is 0.171. The molecule has 112 valence electrons. The highest BCUT2D eigenvalue weighted by molar-refractivity contribution is 5.80. The van der Waals surface area contributed by atoms with Gasteiger partial charge in [0.1, 0.15) is 11.5 Å². The maximum Gasteiger partial charge on any atom is 0.260 e. The van der Waals surface area contributed by atoms with Crippen molar-refractivity contribution in [2.24, 2.45) is 0 Å². The van der Waals surface area contributed by atoms with Crippen molar-refractivity contribution < 1.29 is 19.0 Å². The summed E-state index contributed by atoms with van der Waals surface area (Å²) in [5.41, 5.74) is 6.25. The molecule has 0 aromatic heterocycles. The number of anilines is 1. The van der Waals surface area contributed by atoms with Crippen LogP contribution in [0.2, 0.25) is 0 Å². The van der Waals surface area contributed by atoms with Crippen LogP contribution in [0.15, 0.2) is 18.2 Å². The van der Waals surface area contributed by atoms with Crippen molar-refractivity contribution in [1.29, 1.82) is 0 Å². The molecule has 0 bridgehead atoms. The van der Waals surface area contributed by atoms with Gasteiger partial charge in [-0.15, -0.1) is 0 Å². The highest BCUT2D eigenvalue weighted by Gasteiger charge is 2.14. The van der Waals surface area contributed by atoms with Gasteiger partial charge in [-0.3, -0.25) is 4.79 Å². The Hall–Kier alpha value is -1.95. The molecule has 0 heterocycles. The molecule has 1 aromatic rings. The quantitative estimate of drug-likeness (QED) is 0.553. The molecule has 1 aromatic carbocycles. The van der Waals surface area contributed by atoms with Crippen LogP contribution in [0.5, 0.6) is 11.5 Å². The zero-order valence-corrected chi connectivity index (χ0v) is 12.1. The smallest absolute Gasteiger partial charge is 0.260 e. The van der Waals surface area contributed by atoms with Gasteiger partial charge in [0.15, 0.2) is 6.10 Å². The number of nitrogen functional groups attached to an aromatic ring is 1. The molecule has 20 heavy (non-hydrogen) atoms. The van der Waals surface area contributed by atoms with Crippen LogP contribution < -0.4 is 20.5 Å². The Morgan fingerprint density at radius 2 is 2.15 bits per heavy atom.